The Bertz CT molecular complexity index is 412. The fourth-order valence-corrected chi connectivity index (χ4v) is 2.72. The van der Waals surface area contributed by atoms with E-state index in [0.29, 0.717) is 32.4 Å². The van der Waals surface area contributed by atoms with Gasteiger partial charge in [-0.3, -0.25) is 14.4 Å². The van der Waals surface area contributed by atoms with Gasteiger partial charge in [0.05, 0.1) is 0 Å². The lowest BCUT2D eigenvalue weighted by molar-refractivity contribution is -0.137. The summed E-state index contributed by atoms with van der Waals surface area (Å²) in [5, 5.41) is 11.5. The molecule has 118 valence electrons. The first-order valence-corrected chi connectivity index (χ1v) is 7.78. The molecule has 1 heterocycles. The minimum Gasteiger partial charge on any atom is -0.481 e. The molecule has 2 fully saturated rings. The van der Waals surface area contributed by atoms with Crippen molar-refractivity contribution in [3.05, 3.63) is 0 Å². The number of piperidine rings is 1. The van der Waals surface area contributed by atoms with Gasteiger partial charge >= 0.3 is 5.97 Å². The number of aliphatic carboxylic acids is 1. The van der Waals surface area contributed by atoms with Gasteiger partial charge in [-0.1, -0.05) is 0 Å². The van der Waals surface area contributed by atoms with Gasteiger partial charge in [0.1, 0.15) is 0 Å². The van der Waals surface area contributed by atoms with Gasteiger partial charge in [0, 0.05) is 37.4 Å². The minimum absolute atomic E-state index is 0.00795. The third-order valence-corrected chi connectivity index (χ3v) is 4.28. The Morgan fingerprint density at radius 1 is 1.14 bits per heavy atom. The highest BCUT2D eigenvalue weighted by molar-refractivity contribution is 5.82. The zero-order chi connectivity index (χ0) is 15.4. The second-order valence-electron chi connectivity index (χ2n) is 6.22. The van der Waals surface area contributed by atoms with Crippen molar-refractivity contribution in [1.29, 1.82) is 0 Å². The van der Waals surface area contributed by atoms with Gasteiger partial charge < -0.3 is 15.3 Å². The van der Waals surface area contributed by atoms with E-state index in [4.69, 9.17) is 5.11 Å². The van der Waals surface area contributed by atoms with Crippen LogP contribution in [0.4, 0.5) is 0 Å². The summed E-state index contributed by atoms with van der Waals surface area (Å²) < 4.78 is 0. The molecule has 2 N–H and O–H groups in total. The molecule has 1 saturated carbocycles. The van der Waals surface area contributed by atoms with E-state index in [1.54, 1.807) is 0 Å². The first kappa shape index (κ1) is 15.8. The number of carboxylic acid groups (broad SMARTS) is 1. The molecule has 6 nitrogen and oxygen atoms in total. The van der Waals surface area contributed by atoms with Gasteiger partial charge in [0.2, 0.25) is 11.8 Å². The number of carboxylic acids is 1. The topological polar surface area (TPSA) is 86.7 Å². The van der Waals surface area contributed by atoms with E-state index in [1.165, 1.54) is 0 Å². The van der Waals surface area contributed by atoms with E-state index < -0.39 is 5.97 Å². The van der Waals surface area contributed by atoms with Crippen LogP contribution in [0.15, 0.2) is 0 Å². The third kappa shape index (κ3) is 4.72. The number of nitrogens with one attached hydrogen (secondary N) is 1. The van der Waals surface area contributed by atoms with Crippen molar-refractivity contribution < 1.29 is 19.5 Å². The van der Waals surface area contributed by atoms with Crippen LogP contribution < -0.4 is 5.32 Å². The van der Waals surface area contributed by atoms with Gasteiger partial charge in [0.25, 0.3) is 0 Å². The molecule has 2 aliphatic rings. The minimum atomic E-state index is -0.844. The molecule has 0 aromatic rings. The van der Waals surface area contributed by atoms with Crippen molar-refractivity contribution in [3.8, 4) is 0 Å². The summed E-state index contributed by atoms with van der Waals surface area (Å²) in [6.07, 6.45) is 3.95. The molecular formula is C15H24N2O4. The summed E-state index contributed by atoms with van der Waals surface area (Å²) in [6, 6.07) is -0.125. The molecular weight excluding hydrogens is 272 g/mol. The number of carbonyl (C=O) groups excluding carboxylic acids is 2. The van der Waals surface area contributed by atoms with Gasteiger partial charge in [-0.25, -0.2) is 0 Å². The lowest BCUT2D eigenvalue weighted by Crippen LogP contribution is -2.45. The van der Waals surface area contributed by atoms with Gasteiger partial charge in [0.15, 0.2) is 0 Å². The average Bonchev–Trinajstić information content (AvgIpc) is 3.29. The Kier molecular flexibility index (Phi) is 5.20. The van der Waals surface area contributed by atoms with Crippen LogP contribution in [0, 0.1) is 11.8 Å². The van der Waals surface area contributed by atoms with Crippen molar-refractivity contribution in [2.24, 2.45) is 11.8 Å². The Labute approximate surface area is 124 Å². The highest BCUT2D eigenvalue weighted by Crippen LogP contribution is 2.32. The van der Waals surface area contributed by atoms with Crippen LogP contribution in [0.25, 0.3) is 0 Å². The van der Waals surface area contributed by atoms with E-state index in [0.717, 1.165) is 12.8 Å². The summed E-state index contributed by atoms with van der Waals surface area (Å²) >= 11 is 0. The zero-order valence-electron chi connectivity index (χ0n) is 12.5. The fourth-order valence-electron chi connectivity index (χ4n) is 2.72. The Morgan fingerprint density at radius 2 is 1.76 bits per heavy atom. The van der Waals surface area contributed by atoms with E-state index in [-0.39, 0.29) is 36.1 Å². The maximum Gasteiger partial charge on any atom is 0.303 e. The highest BCUT2D eigenvalue weighted by atomic mass is 16.4. The first-order valence-electron chi connectivity index (χ1n) is 7.78. The molecule has 0 bridgehead atoms. The SMILES string of the molecule is CC(CCC(=O)O)NC(=O)C1CCN(C(=O)C2CC2)CC1. The zero-order valence-corrected chi connectivity index (χ0v) is 12.5. The van der Waals surface area contributed by atoms with Crippen LogP contribution in [-0.2, 0) is 14.4 Å². The highest BCUT2D eigenvalue weighted by Gasteiger charge is 2.36. The molecule has 1 aliphatic carbocycles. The van der Waals surface area contributed by atoms with Crippen molar-refractivity contribution in [2.75, 3.05) is 13.1 Å². The number of likely N-dealkylation sites (tertiary alicyclic amines) is 1. The van der Waals surface area contributed by atoms with Gasteiger partial charge in [-0.15, -0.1) is 0 Å². The van der Waals surface area contributed by atoms with Crippen molar-refractivity contribution in [1.82, 2.24) is 10.2 Å². The number of nitrogens with zero attached hydrogens (tertiary/aromatic N) is 1. The number of rotatable bonds is 6. The summed E-state index contributed by atoms with van der Waals surface area (Å²) in [5.74, 6) is -0.412. The summed E-state index contributed by atoms with van der Waals surface area (Å²) in [7, 11) is 0. The summed E-state index contributed by atoms with van der Waals surface area (Å²) in [4.78, 5) is 36.4. The molecule has 21 heavy (non-hydrogen) atoms. The van der Waals surface area contributed by atoms with Crippen LogP contribution in [0.5, 0.6) is 0 Å². The standard InChI is InChI=1S/C15H24N2O4/c1-10(2-5-13(18)19)16-14(20)11-6-8-17(9-7-11)15(21)12-3-4-12/h10-12H,2-9H2,1H3,(H,16,20)(H,18,19). The van der Waals surface area contributed by atoms with Crippen molar-refractivity contribution in [2.45, 2.75) is 51.5 Å². The molecule has 1 atom stereocenters. The van der Waals surface area contributed by atoms with Crippen LogP contribution in [0.3, 0.4) is 0 Å². The average molecular weight is 296 g/mol. The van der Waals surface area contributed by atoms with Gasteiger partial charge in [-0.2, -0.15) is 0 Å². The summed E-state index contributed by atoms with van der Waals surface area (Å²) in [6.45, 7) is 3.15. The third-order valence-electron chi connectivity index (χ3n) is 4.28. The lowest BCUT2D eigenvalue weighted by atomic mass is 9.95. The maximum absolute atomic E-state index is 12.1. The normalized spacial score (nSPS) is 20.9. The van der Waals surface area contributed by atoms with E-state index in [2.05, 4.69) is 5.32 Å². The van der Waals surface area contributed by atoms with Crippen molar-refractivity contribution in [3.63, 3.8) is 0 Å². The number of amides is 2. The van der Waals surface area contributed by atoms with Crippen LogP contribution >= 0.6 is 0 Å². The van der Waals surface area contributed by atoms with Crippen molar-refractivity contribution >= 4 is 17.8 Å². The van der Waals surface area contributed by atoms with Crippen LogP contribution in [-0.4, -0.2) is 46.9 Å². The van der Waals surface area contributed by atoms with Crippen LogP contribution in [0.1, 0.15) is 45.4 Å². The van der Waals surface area contributed by atoms with Crippen LogP contribution in [0.2, 0.25) is 0 Å². The number of hydrogen-bond donors (Lipinski definition) is 2. The fraction of sp³-hybridized carbons (Fsp3) is 0.800. The largest absolute Gasteiger partial charge is 0.481 e. The quantitative estimate of drug-likeness (QED) is 0.765. The molecule has 0 spiro atoms. The molecule has 0 aromatic heterocycles. The molecule has 6 heteroatoms. The smallest absolute Gasteiger partial charge is 0.303 e. The first-order chi connectivity index (χ1) is 9.97. The Morgan fingerprint density at radius 3 is 2.29 bits per heavy atom. The molecule has 1 unspecified atom stereocenters. The molecule has 2 rings (SSSR count). The second-order valence-corrected chi connectivity index (χ2v) is 6.22. The Hall–Kier alpha value is -1.59. The molecule has 1 saturated heterocycles. The second kappa shape index (κ2) is 6.91. The summed E-state index contributed by atoms with van der Waals surface area (Å²) in [5.41, 5.74) is 0. The maximum atomic E-state index is 12.1. The lowest BCUT2D eigenvalue weighted by Gasteiger charge is -2.32. The van der Waals surface area contributed by atoms with E-state index in [1.807, 2.05) is 11.8 Å². The van der Waals surface area contributed by atoms with E-state index >= 15 is 0 Å². The Balaban J connectivity index is 1.69. The van der Waals surface area contributed by atoms with E-state index in [9.17, 15) is 14.4 Å². The molecule has 2 amide bonds. The predicted octanol–water partition coefficient (Wildman–Crippen LogP) is 1.00. The molecule has 1 aliphatic heterocycles. The number of carbonyl (C=O) groups is 3. The predicted molar refractivity (Wildman–Crippen MR) is 76.5 cm³/mol. The number of hydrogen-bond acceptors (Lipinski definition) is 3. The molecule has 0 radical (unpaired) electrons. The monoisotopic (exact) mass is 296 g/mol. The van der Waals surface area contributed by atoms with Gasteiger partial charge in [-0.05, 0) is 39.0 Å². The molecule has 0 aromatic carbocycles.